The molecular weight excluding hydrogens is 241 g/mol. The van der Waals surface area contributed by atoms with Crippen LogP contribution < -0.4 is 15.2 Å². The summed E-state index contributed by atoms with van der Waals surface area (Å²) >= 11 is 0. The summed E-state index contributed by atoms with van der Waals surface area (Å²) in [7, 11) is 1.16. The molecule has 1 aromatic heterocycles. The van der Waals surface area contributed by atoms with Crippen molar-refractivity contribution in [3.8, 4) is 11.6 Å². The normalized spacial score (nSPS) is 11.4. The molecule has 0 spiro atoms. The van der Waals surface area contributed by atoms with Crippen LogP contribution in [0.4, 0.5) is 13.2 Å². The lowest BCUT2D eigenvalue weighted by Crippen LogP contribution is -2.19. The van der Waals surface area contributed by atoms with Gasteiger partial charge in [0.1, 0.15) is 0 Å². The first-order valence-electron chi connectivity index (χ1n) is 4.54. The van der Waals surface area contributed by atoms with E-state index in [4.69, 9.17) is 10.8 Å². The van der Waals surface area contributed by atoms with Crippen LogP contribution in [0.2, 0.25) is 0 Å². The minimum Gasteiger partial charge on any atom is -0.478 e. The number of aromatic nitrogens is 1. The molecule has 1 rings (SSSR count). The second kappa shape index (κ2) is 5.19. The highest BCUT2D eigenvalue weighted by atomic mass is 19.4. The first-order chi connectivity index (χ1) is 7.91. The molecule has 0 aliphatic carbocycles. The number of methoxy groups -OCH3 is 1. The molecule has 8 heteroatoms. The molecule has 0 saturated heterocycles. The lowest BCUT2D eigenvalue weighted by atomic mass is 10.2. The van der Waals surface area contributed by atoms with Crippen molar-refractivity contribution in [2.45, 2.75) is 19.5 Å². The van der Waals surface area contributed by atoms with Crippen LogP contribution >= 0.6 is 0 Å². The highest BCUT2D eigenvalue weighted by molar-refractivity contribution is 5.39. The monoisotopic (exact) mass is 252 g/mol. The van der Waals surface area contributed by atoms with Gasteiger partial charge in [-0.1, -0.05) is 0 Å². The van der Waals surface area contributed by atoms with Crippen molar-refractivity contribution in [3.05, 3.63) is 17.3 Å². The summed E-state index contributed by atoms with van der Waals surface area (Å²) in [6.07, 6.45) is -4.86. The van der Waals surface area contributed by atoms with Gasteiger partial charge in [0.25, 0.3) is 5.88 Å². The molecule has 1 heterocycles. The molecule has 17 heavy (non-hydrogen) atoms. The Bertz CT molecular complexity index is 396. The van der Waals surface area contributed by atoms with Gasteiger partial charge in [0, 0.05) is 12.1 Å². The van der Waals surface area contributed by atoms with Crippen LogP contribution in [0, 0.1) is 0 Å². The Morgan fingerprint density at radius 2 is 2.12 bits per heavy atom. The van der Waals surface area contributed by atoms with Crippen molar-refractivity contribution >= 4 is 0 Å². The number of nitrogens with zero attached hydrogens (tertiary/aromatic N) is 1. The van der Waals surface area contributed by atoms with E-state index in [2.05, 4.69) is 14.5 Å². The maximum atomic E-state index is 12.1. The van der Waals surface area contributed by atoms with Gasteiger partial charge in [0.15, 0.2) is 5.75 Å². The molecule has 96 valence electrons. The maximum Gasteiger partial charge on any atom is 0.573 e. The van der Waals surface area contributed by atoms with E-state index in [-0.39, 0.29) is 23.7 Å². The van der Waals surface area contributed by atoms with Crippen LogP contribution in [0.15, 0.2) is 6.07 Å². The summed E-state index contributed by atoms with van der Waals surface area (Å²) in [4.78, 5) is 3.73. The minimum atomic E-state index is -4.86. The number of hydrogen-bond donors (Lipinski definition) is 2. The van der Waals surface area contributed by atoms with E-state index in [0.29, 0.717) is 0 Å². The predicted octanol–water partition coefficient (Wildman–Crippen LogP) is 0.940. The van der Waals surface area contributed by atoms with E-state index in [1.165, 1.54) is 0 Å². The summed E-state index contributed by atoms with van der Waals surface area (Å²) < 4.78 is 44.6. The van der Waals surface area contributed by atoms with Gasteiger partial charge < -0.3 is 20.3 Å². The van der Waals surface area contributed by atoms with Gasteiger partial charge >= 0.3 is 6.36 Å². The Labute approximate surface area is 95.0 Å². The zero-order chi connectivity index (χ0) is 13.1. The minimum absolute atomic E-state index is 0.0292. The SMILES string of the molecule is COc1nc(CN)c(CO)cc1OC(F)(F)F. The second-order valence-corrected chi connectivity index (χ2v) is 3.01. The van der Waals surface area contributed by atoms with E-state index in [1.54, 1.807) is 0 Å². The van der Waals surface area contributed by atoms with Crippen LogP contribution in [0.25, 0.3) is 0 Å². The fourth-order valence-electron chi connectivity index (χ4n) is 1.21. The topological polar surface area (TPSA) is 77.6 Å². The van der Waals surface area contributed by atoms with Gasteiger partial charge in [-0.05, 0) is 6.07 Å². The summed E-state index contributed by atoms with van der Waals surface area (Å²) in [5.74, 6) is -0.943. The molecule has 1 aromatic rings. The van der Waals surface area contributed by atoms with Crippen LogP contribution in [0.3, 0.4) is 0 Å². The zero-order valence-electron chi connectivity index (χ0n) is 8.91. The fraction of sp³-hybridized carbons (Fsp3) is 0.444. The third-order valence-electron chi connectivity index (χ3n) is 1.91. The summed E-state index contributed by atoms with van der Waals surface area (Å²) in [6, 6.07) is 1.00. The average Bonchev–Trinajstić information content (AvgIpc) is 2.26. The summed E-state index contributed by atoms with van der Waals surface area (Å²) in [5.41, 5.74) is 5.74. The smallest absolute Gasteiger partial charge is 0.478 e. The zero-order valence-corrected chi connectivity index (χ0v) is 8.91. The third-order valence-corrected chi connectivity index (χ3v) is 1.91. The van der Waals surface area contributed by atoms with Gasteiger partial charge in [0.2, 0.25) is 0 Å². The van der Waals surface area contributed by atoms with Crippen molar-refractivity contribution in [2.75, 3.05) is 7.11 Å². The van der Waals surface area contributed by atoms with Gasteiger partial charge in [-0.2, -0.15) is 0 Å². The molecule has 0 amide bonds. The molecule has 5 nitrogen and oxygen atoms in total. The number of aliphatic hydroxyl groups is 1. The Balaban J connectivity index is 3.19. The molecule has 0 bridgehead atoms. The number of alkyl halides is 3. The van der Waals surface area contributed by atoms with Crippen molar-refractivity contribution in [1.29, 1.82) is 0 Å². The number of halogens is 3. The first-order valence-corrected chi connectivity index (χ1v) is 4.54. The van der Waals surface area contributed by atoms with Crippen LogP contribution in [-0.2, 0) is 13.2 Å². The molecule has 0 radical (unpaired) electrons. The van der Waals surface area contributed by atoms with Crippen molar-refractivity contribution in [3.63, 3.8) is 0 Å². The molecular formula is C9H11F3N2O3. The molecule has 0 unspecified atom stereocenters. The summed E-state index contributed by atoms with van der Waals surface area (Å²) in [6.45, 7) is -0.518. The van der Waals surface area contributed by atoms with Crippen LogP contribution in [-0.4, -0.2) is 23.6 Å². The number of aliphatic hydroxyl groups excluding tert-OH is 1. The van der Waals surface area contributed by atoms with Gasteiger partial charge in [-0.15, -0.1) is 13.2 Å². The molecule has 0 fully saturated rings. The highest BCUT2D eigenvalue weighted by Gasteiger charge is 2.33. The van der Waals surface area contributed by atoms with Crippen LogP contribution in [0.5, 0.6) is 11.6 Å². The van der Waals surface area contributed by atoms with Crippen LogP contribution in [0.1, 0.15) is 11.3 Å². The number of nitrogens with two attached hydrogens (primary N) is 1. The van der Waals surface area contributed by atoms with Crippen molar-refractivity contribution < 1.29 is 27.8 Å². The van der Waals surface area contributed by atoms with Crippen molar-refractivity contribution in [1.82, 2.24) is 4.98 Å². The number of rotatable bonds is 4. The number of ether oxygens (including phenoxy) is 2. The Hall–Kier alpha value is -1.54. The molecule has 0 atom stereocenters. The van der Waals surface area contributed by atoms with E-state index >= 15 is 0 Å². The Kier molecular flexibility index (Phi) is 4.13. The van der Waals surface area contributed by atoms with Gasteiger partial charge in [0.05, 0.1) is 19.4 Å². The molecule has 3 N–H and O–H groups in total. The standard InChI is InChI=1S/C9H11F3N2O3/c1-16-8-7(17-9(10,11)12)2-5(4-15)6(3-13)14-8/h2,15H,3-4,13H2,1H3. The Morgan fingerprint density at radius 3 is 2.53 bits per heavy atom. The number of hydrogen-bond acceptors (Lipinski definition) is 5. The van der Waals surface area contributed by atoms with E-state index < -0.39 is 18.7 Å². The molecule has 0 aliphatic rings. The van der Waals surface area contributed by atoms with E-state index in [1.807, 2.05) is 0 Å². The van der Waals surface area contributed by atoms with Crippen molar-refractivity contribution in [2.24, 2.45) is 5.73 Å². The predicted molar refractivity (Wildman–Crippen MR) is 51.3 cm³/mol. The maximum absolute atomic E-state index is 12.1. The van der Waals surface area contributed by atoms with E-state index in [9.17, 15) is 13.2 Å². The number of pyridine rings is 1. The quantitative estimate of drug-likeness (QED) is 0.833. The van der Waals surface area contributed by atoms with Gasteiger partial charge in [-0.3, -0.25) is 0 Å². The Morgan fingerprint density at radius 1 is 1.47 bits per heavy atom. The van der Waals surface area contributed by atoms with Gasteiger partial charge in [-0.25, -0.2) is 4.98 Å². The fourth-order valence-corrected chi connectivity index (χ4v) is 1.21. The highest BCUT2D eigenvalue weighted by Crippen LogP contribution is 2.32. The molecule has 0 saturated carbocycles. The molecule has 0 aromatic carbocycles. The molecule has 0 aliphatic heterocycles. The second-order valence-electron chi connectivity index (χ2n) is 3.01. The third kappa shape index (κ3) is 3.46. The lowest BCUT2D eigenvalue weighted by Gasteiger charge is -2.14. The lowest BCUT2D eigenvalue weighted by molar-refractivity contribution is -0.275. The summed E-state index contributed by atoms with van der Waals surface area (Å²) in [5, 5.41) is 8.96. The van der Waals surface area contributed by atoms with E-state index in [0.717, 1.165) is 13.2 Å². The average molecular weight is 252 g/mol. The largest absolute Gasteiger partial charge is 0.573 e. The first kappa shape index (κ1) is 13.5.